The van der Waals surface area contributed by atoms with E-state index in [0.717, 1.165) is 12.8 Å². The van der Waals surface area contributed by atoms with Gasteiger partial charge in [-0.1, -0.05) is 19.4 Å². The molecule has 32 heavy (non-hydrogen) atoms. The summed E-state index contributed by atoms with van der Waals surface area (Å²) in [5, 5.41) is 2.69. The Hall–Kier alpha value is -3.43. The first-order chi connectivity index (χ1) is 15.4. The van der Waals surface area contributed by atoms with Crippen molar-refractivity contribution in [3.8, 4) is 0 Å². The molecule has 1 amide bonds. The van der Waals surface area contributed by atoms with Gasteiger partial charge in [-0.15, -0.1) is 0 Å². The number of hydrogen-bond donors (Lipinski definition) is 2. The lowest BCUT2D eigenvalue weighted by Gasteiger charge is -2.09. The Labute approximate surface area is 186 Å². The molecule has 2 N–H and O–H groups in total. The number of esters is 1. The number of ether oxygens (including phenoxy) is 1. The molecule has 3 rings (SSSR count). The van der Waals surface area contributed by atoms with Crippen LogP contribution in [0.5, 0.6) is 0 Å². The Morgan fingerprint density at radius 1 is 1.00 bits per heavy atom. The Morgan fingerprint density at radius 2 is 1.78 bits per heavy atom. The fraction of sp³-hybridized carbons (Fsp3) is 0.217. The van der Waals surface area contributed by atoms with Gasteiger partial charge in [-0.3, -0.25) is 4.79 Å². The van der Waals surface area contributed by atoms with Crippen LogP contribution in [0.15, 0.2) is 76.2 Å². The summed E-state index contributed by atoms with van der Waals surface area (Å²) in [5.41, 5.74) is 1.02. The number of rotatable bonds is 10. The standard InChI is InChI=1S/C23H24N2O6S/c1-2-3-13-31-23(27)17-9-11-19(12-10-17)25-22(26)18-6-4-8-21(15-18)32(28,29)24-16-20-7-5-14-30-20/h4-12,14-15,24H,2-3,13,16H2,1H3,(H,25,26). The minimum atomic E-state index is -3.83. The molecule has 3 aromatic rings. The van der Waals surface area contributed by atoms with Gasteiger partial charge >= 0.3 is 5.97 Å². The van der Waals surface area contributed by atoms with Gasteiger partial charge < -0.3 is 14.5 Å². The van der Waals surface area contributed by atoms with E-state index in [9.17, 15) is 18.0 Å². The number of nitrogens with one attached hydrogen (secondary N) is 2. The van der Waals surface area contributed by atoms with Crippen molar-refractivity contribution in [2.45, 2.75) is 31.2 Å². The second-order valence-electron chi connectivity index (χ2n) is 6.95. The summed E-state index contributed by atoms with van der Waals surface area (Å²) in [6, 6.07) is 15.3. The van der Waals surface area contributed by atoms with Gasteiger partial charge in [0.2, 0.25) is 10.0 Å². The van der Waals surface area contributed by atoms with Crippen molar-refractivity contribution in [1.29, 1.82) is 0 Å². The Kier molecular flexibility index (Phi) is 7.80. The monoisotopic (exact) mass is 456 g/mol. The fourth-order valence-corrected chi connectivity index (χ4v) is 3.79. The van der Waals surface area contributed by atoms with Gasteiger partial charge in [-0.05, 0) is 61.0 Å². The van der Waals surface area contributed by atoms with Crippen molar-refractivity contribution in [2.75, 3.05) is 11.9 Å². The van der Waals surface area contributed by atoms with Gasteiger partial charge in [0.1, 0.15) is 5.76 Å². The molecule has 0 bridgehead atoms. The summed E-state index contributed by atoms with van der Waals surface area (Å²) in [6.45, 7) is 2.37. The van der Waals surface area contributed by atoms with E-state index in [2.05, 4.69) is 10.0 Å². The van der Waals surface area contributed by atoms with Crippen LogP contribution in [0.1, 0.15) is 46.2 Å². The minimum absolute atomic E-state index is 0.00101. The van der Waals surface area contributed by atoms with E-state index in [0.29, 0.717) is 23.6 Å². The average molecular weight is 457 g/mol. The largest absolute Gasteiger partial charge is 0.468 e. The Morgan fingerprint density at radius 3 is 2.47 bits per heavy atom. The van der Waals surface area contributed by atoms with Crippen LogP contribution in [0, 0.1) is 0 Å². The van der Waals surface area contributed by atoms with E-state index >= 15 is 0 Å². The highest BCUT2D eigenvalue weighted by molar-refractivity contribution is 7.89. The topological polar surface area (TPSA) is 115 Å². The Bertz CT molecular complexity index is 1160. The molecule has 0 unspecified atom stereocenters. The molecule has 0 atom stereocenters. The van der Waals surface area contributed by atoms with E-state index in [-0.39, 0.29) is 17.0 Å². The predicted octanol–water partition coefficient (Wildman–Crippen LogP) is 3.97. The van der Waals surface area contributed by atoms with E-state index < -0.39 is 21.9 Å². The van der Waals surface area contributed by atoms with Crippen LogP contribution < -0.4 is 10.0 Å². The molecule has 168 valence electrons. The van der Waals surface area contributed by atoms with Crippen LogP contribution in [0.25, 0.3) is 0 Å². The molecule has 0 saturated heterocycles. The summed E-state index contributed by atoms with van der Waals surface area (Å²) in [5.74, 6) is -0.428. The molecule has 2 aromatic carbocycles. The third kappa shape index (κ3) is 6.29. The average Bonchev–Trinajstić information content (AvgIpc) is 3.32. The van der Waals surface area contributed by atoms with E-state index in [4.69, 9.17) is 9.15 Å². The maximum atomic E-state index is 12.6. The van der Waals surface area contributed by atoms with Crippen molar-refractivity contribution in [3.63, 3.8) is 0 Å². The molecule has 1 aromatic heterocycles. The predicted molar refractivity (Wildman–Crippen MR) is 119 cm³/mol. The molecule has 9 heteroatoms. The molecule has 0 spiro atoms. The number of hydrogen-bond acceptors (Lipinski definition) is 6. The smallest absolute Gasteiger partial charge is 0.338 e. The number of benzene rings is 2. The van der Waals surface area contributed by atoms with Gasteiger partial charge in [0.15, 0.2) is 0 Å². The maximum Gasteiger partial charge on any atom is 0.338 e. The molecule has 0 aliphatic heterocycles. The molecule has 0 radical (unpaired) electrons. The maximum absolute atomic E-state index is 12.6. The van der Waals surface area contributed by atoms with Crippen molar-refractivity contribution in [2.24, 2.45) is 0 Å². The van der Waals surface area contributed by atoms with E-state index in [1.165, 1.54) is 30.5 Å². The fourth-order valence-electron chi connectivity index (χ4n) is 2.75. The quantitative estimate of drug-likeness (QED) is 0.352. The van der Waals surface area contributed by atoms with Gasteiger partial charge in [0.05, 0.1) is 29.9 Å². The number of carbonyl (C=O) groups excluding carboxylic acids is 2. The van der Waals surface area contributed by atoms with Crippen molar-refractivity contribution in [1.82, 2.24) is 4.72 Å². The molecule has 0 saturated carbocycles. The first kappa shape index (κ1) is 23.2. The lowest BCUT2D eigenvalue weighted by molar-refractivity contribution is 0.0499. The van der Waals surface area contributed by atoms with Crippen LogP contribution in [0.3, 0.4) is 0 Å². The van der Waals surface area contributed by atoms with Crippen LogP contribution in [-0.4, -0.2) is 26.9 Å². The minimum Gasteiger partial charge on any atom is -0.468 e. The van der Waals surface area contributed by atoms with Crippen LogP contribution in [0.4, 0.5) is 5.69 Å². The zero-order valence-electron chi connectivity index (χ0n) is 17.5. The molecular weight excluding hydrogens is 432 g/mol. The third-order valence-electron chi connectivity index (χ3n) is 4.53. The van der Waals surface area contributed by atoms with Crippen molar-refractivity contribution >= 4 is 27.6 Å². The van der Waals surface area contributed by atoms with Gasteiger partial charge in [0.25, 0.3) is 5.91 Å². The first-order valence-corrected chi connectivity index (χ1v) is 11.6. The number of anilines is 1. The van der Waals surface area contributed by atoms with Gasteiger partial charge in [0, 0.05) is 11.3 Å². The zero-order chi connectivity index (χ0) is 23.0. The second-order valence-corrected chi connectivity index (χ2v) is 8.72. The van der Waals surface area contributed by atoms with Gasteiger partial charge in [-0.25, -0.2) is 17.9 Å². The zero-order valence-corrected chi connectivity index (χ0v) is 18.4. The summed E-state index contributed by atoms with van der Waals surface area (Å²) in [4.78, 5) is 24.5. The molecule has 8 nitrogen and oxygen atoms in total. The number of sulfonamides is 1. The molecule has 0 fully saturated rings. The van der Waals surface area contributed by atoms with E-state index in [1.807, 2.05) is 6.92 Å². The second kappa shape index (κ2) is 10.7. The lowest BCUT2D eigenvalue weighted by atomic mass is 10.2. The van der Waals surface area contributed by atoms with Crippen molar-refractivity contribution in [3.05, 3.63) is 83.8 Å². The molecule has 1 heterocycles. The van der Waals surface area contributed by atoms with Crippen LogP contribution in [-0.2, 0) is 21.3 Å². The number of furan rings is 1. The SMILES string of the molecule is CCCCOC(=O)c1ccc(NC(=O)c2cccc(S(=O)(=O)NCc3ccco3)c2)cc1. The number of unbranched alkanes of at least 4 members (excludes halogenated alkanes) is 1. The number of amides is 1. The third-order valence-corrected chi connectivity index (χ3v) is 5.93. The molecular formula is C23H24N2O6S. The van der Waals surface area contributed by atoms with Crippen LogP contribution >= 0.6 is 0 Å². The normalized spacial score (nSPS) is 11.2. The summed E-state index contributed by atoms with van der Waals surface area (Å²) >= 11 is 0. The molecule has 0 aliphatic carbocycles. The molecule has 0 aliphatic rings. The summed E-state index contributed by atoms with van der Waals surface area (Å²) < 4.78 is 37.8. The van der Waals surface area contributed by atoms with Crippen molar-refractivity contribution < 1.29 is 27.2 Å². The summed E-state index contributed by atoms with van der Waals surface area (Å²) in [6.07, 6.45) is 3.18. The first-order valence-electron chi connectivity index (χ1n) is 10.1. The highest BCUT2D eigenvalue weighted by atomic mass is 32.2. The highest BCUT2D eigenvalue weighted by Gasteiger charge is 2.17. The van der Waals surface area contributed by atoms with Gasteiger partial charge in [-0.2, -0.15) is 0 Å². The highest BCUT2D eigenvalue weighted by Crippen LogP contribution is 2.16. The number of carbonyl (C=O) groups is 2. The van der Waals surface area contributed by atoms with E-state index in [1.54, 1.807) is 36.4 Å². The Balaban J connectivity index is 1.63. The van der Waals surface area contributed by atoms with Crippen LogP contribution in [0.2, 0.25) is 0 Å². The summed E-state index contributed by atoms with van der Waals surface area (Å²) in [7, 11) is -3.83. The lowest BCUT2D eigenvalue weighted by Crippen LogP contribution is -2.23.